The number of aliphatic hydroxyl groups excluding tert-OH is 1. The molecule has 0 amide bonds. The molecule has 1 aliphatic rings. The lowest BCUT2D eigenvalue weighted by Gasteiger charge is -2.30. The van der Waals surface area contributed by atoms with E-state index in [-0.39, 0.29) is 12.1 Å². The van der Waals surface area contributed by atoms with Gasteiger partial charge in [0, 0.05) is 24.3 Å². The number of aliphatic hydroxyl groups is 1. The number of hydrogen-bond acceptors (Lipinski definition) is 4. The molecule has 4 nitrogen and oxygen atoms in total. The highest BCUT2D eigenvalue weighted by Crippen LogP contribution is 2.33. The molecule has 0 saturated heterocycles. The lowest BCUT2D eigenvalue weighted by Crippen LogP contribution is -2.42. The zero-order valence-electron chi connectivity index (χ0n) is 11.7. The zero-order valence-corrected chi connectivity index (χ0v) is 11.7. The van der Waals surface area contributed by atoms with E-state index in [1.54, 1.807) is 0 Å². The van der Waals surface area contributed by atoms with E-state index in [0.717, 1.165) is 36.4 Å². The minimum absolute atomic E-state index is 0.0486. The average molecular weight is 265 g/mol. The van der Waals surface area contributed by atoms with E-state index in [9.17, 15) is 0 Å². The molecule has 19 heavy (non-hydrogen) atoms. The highest BCUT2D eigenvalue weighted by Gasteiger charge is 2.22. The van der Waals surface area contributed by atoms with Crippen LogP contribution in [0.3, 0.4) is 0 Å². The van der Waals surface area contributed by atoms with E-state index in [1.165, 1.54) is 0 Å². The van der Waals surface area contributed by atoms with Crippen LogP contribution < -0.4 is 14.8 Å². The van der Waals surface area contributed by atoms with Crippen molar-refractivity contribution in [3.8, 4) is 11.5 Å². The van der Waals surface area contributed by atoms with E-state index in [2.05, 4.69) is 25.2 Å². The molecule has 0 spiro atoms. The van der Waals surface area contributed by atoms with Crippen molar-refractivity contribution in [2.45, 2.75) is 38.8 Å². The van der Waals surface area contributed by atoms with Crippen molar-refractivity contribution >= 4 is 0 Å². The molecule has 1 unspecified atom stereocenters. The Kier molecular flexibility index (Phi) is 4.66. The van der Waals surface area contributed by atoms with Crippen LogP contribution in [0.15, 0.2) is 18.2 Å². The number of ether oxygens (including phenoxy) is 2. The van der Waals surface area contributed by atoms with Crippen LogP contribution in [0.1, 0.15) is 32.3 Å². The summed E-state index contributed by atoms with van der Waals surface area (Å²) in [6.07, 6.45) is 1.72. The fourth-order valence-corrected chi connectivity index (χ4v) is 2.22. The lowest BCUT2D eigenvalue weighted by atomic mass is 9.94. The molecule has 0 saturated carbocycles. The molecule has 0 bridgehead atoms. The molecule has 4 heteroatoms. The Morgan fingerprint density at radius 1 is 1.32 bits per heavy atom. The summed E-state index contributed by atoms with van der Waals surface area (Å²) in [6.45, 7) is 6.40. The van der Waals surface area contributed by atoms with E-state index in [1.807, 2.05) is 12.1 Å². The van der Waals surface area contributed by atoms with Crippen molar-refractivity contribution < 1.29 is 14.6 Å². The van der Waals surface area contributed by atoms with Gasteiger partial charge in [-0.15, -0.1) is 0 Å². The molecule has 0 aromatic heterocycles. The number of fused-ring (bicyclic) bond motifs is 1. The smallest absolute Gasteiger partial charge is 0.165 e. The Balaban J connectivity index is 2.07. The van der Waals surface area contributed by atoms with Crippen LogP contribution in [0.25, 0.3) is 0 Å². The number of rotatable bonds is 6. The SMILES string of the molecule is CCC(C)(CCO)NCc1cccc2c1OCCO2. The molecular formula is C15H23NO3. The van der Waals surface area contributed by atoms with Crippen LogP contribution in [0.4, 0.5) is 0 Å². The second-order valence-electron chi connectivity index (χ2n) is 5.18. The van der Waals surface area contributed by atoms with Gasteiger partial charge in [0.2, 0.25) is 0 Å². The maximum Gasteiger partial charge on any atom is 0.165 e. The minimum Gasteiger partial charge on any atom is -0.486 e. The van der Waals surface area contributed by atoms with Crippen LogP contribution in [-0.2, 0) is 6.54 Å². The Morgan fingerprint density at radius 3 is 2.84 bits per heavy atom. The summed E-state index contributed by atoms with van der Waals surface area (Å²) in [7, 11) is 0. The summed E-state index contributed by atoms with van der Waals surface area (Å²) in [4.78, 5) is 0. The second-order valence-corrected chi connectivity index (χ2v) is 5.18. The summed E-state index contributed by atoms with van der Waals surface area (Å²) in [5.41, 5.74) is 1.06. The first kappa shape index (κ1) is 14.2. The van der Waals surface area contributed by atoms with Crippen molar-refractivity contribution in [1.82, 2.24) is 5.32 Å². The van der Waals surface area contributed by atoms with E-state index >= 15 is 0 Å². The number of nitrogens with one attached hydrogen (secondary N) is 1. The molecule has 1 aliphatic heterocycles. The van der Waals surface area contributed by atoms with Crippen LogP contribution in [0, 0.1) is 0 Å². The molecular weight excluding hydrogens is 242 g/mol. The standard InChI is InChI=1S/C15H23NO3/c1-3-15(2,7-8-17)16-11-12-5-4-6-13-14(12)19-10-9-18-13/h4-6,16-17H,3,7-11H2,1-2H3. The first-order valence-corrected chi connectivity index (χ1v) is 6.92. The van der Waals surface area contributed by atoms with Crippen LogP contribution >= 0.6 is 0 Å². The Hall–Kier alpha value is -1.26. The first-order chi connectivity index (χ1) is 9.18. The van der Waals surface area contributed by atoms with Crippen LogP contribution in [0.2, 0.25) is 0 Å². The topological polar surface area (TPSA) is 50.7 Å². The molecule has 1 atom stereocenters. The van der Waals surface area contributed by atoms with Gasteiger partial charge >= 0.3 is 0 Å². The minimum atomic E-state index is -0.0486. The van der Waals surface area contributed by atoms with Gasteiger partial charge < -0.3 is 19.9 Å². The Morgan fingerprint density at radius 2 is 2.11 bits per heavy atom. The van der Waals surface area contributed by atoms with Gasteiger partial charge in [-0.25, -0.2) is 0 Å². The van der Waals surface area contributed by atoms with Crippen LogP contribution in [0.5, 0.6) is 11.5 Å². The van der Waals surface area contributed by atoms with Gasteiger partial charge in [0.1, 0.15) is 13.2 Å². The van der Waals surface area contributed by atoms with Gasteiger partial charge in [0.05, 0.1) is 0 Å². The van der Waals surface area contributed by atoms with E-state index in [0.29, 0.717) is 13.2 Å². The van der Waals surface area contributed by atoms with E-state index in [4.69, 9.17) is 14.6 Å². The van der Waals surface area contributed by atoms with E-state index < -0.39 is 0 Å². The Labute approximate surface area is 114 Å². The third-order valence-electron chi connectivity index (χ3n) is 3.80. The molecule has 1 aromatic carbocycles. The summed E-state index contributed by atoms with van der Waals surface area (Å²) in [5, 5.41) is 12.7. The molecule has 0 fully saturated rings. The fraction of sp³-hybridized carbons (Fsp3) is 0.600. The highest BCUT2D eigenvalue weighted by atomic mass is 16.6. The summed E-state index contributed by atoms with van der Waals surface area (Å²) >= 11 is 0. The highest BCUT2D eigenvalue weighted by molar-refractivity contribution is 5.47. The van der Waals surface area contributed by atoms with Crippen LogP contribution in [-0.4, -0.2) is 30.5 Å². The molecule has 1 heterocycles. The van der Waals surface area contributed by atoms with Crippen molar-refractivity contribution in [3.05, 3.63) is 23.8 Å². The number of para-hydroxylation sites is 1. The number of hydrogen-bond donors (Lipinski definition) is 2. The average Bonchev–Trinajstić information content (AvgIpc) is 2.45. The summed E-state index contributed by atoms with van der Waals surface area (Å²) in [5.74, 6) is 1.68. The van der Waals surface area contributed by atoms with Gasteiger partial charge in [-0.05, 0) is 25.8 Å². The van der Waals surface area contributed by atoms with Gasteiger partial charge in [-0.1, -0.05) is 19.1 Å². The summed E-state index contributed by atoms with van der Waals surface area (Å²) in [6, 6.07) is 5.97. The van der Waals surface area contributed by atoms with Crippen molar-refractivity contribution in [2.75, 3.05) is 19.8 Å². The number of benzene rings is 1. The monoisotopic (exact) mass is 265 g/mol. The predicted octanol–water partition coefficient (Wildman–Crippen LogP) is 2.10. The molecule has 2 rings (SSSR count). The van der Waals surface area contributed by atoms with Crippen molar-refractivity contribution in [1.29, 1.82) is 0 Å². The normalized spacial score (nSPS) is 17.0. The first-order valence-electron chi connectivity index (χ1n) is 6.92. The quantitative estimate of drug-likeness (QED) is 0.827. The lowest BCUT2D eigenvalue weighted by molar-refractivity contribution is 0.168. The maximum atomic E-state index is 9.14. The van der Waals surface area contributed by atoms with Crippen molar-refractivity contribution in [3.63, 3.8) is 0 Å². The summed E-state index contributed by atoms with van der Waals surface area (Å²) < 4.78 is 11.3. The third kappa shape index (κ3) is 3.39. The molecule has 106 valence electrons. The fourth-order valence-electron chi connectivity index (χ4n) is 2.22. The zero-order chi connectivity index (χ0) is 13.7. The van der Waals surface area contributed by atoms with Gasteiger partial charge in [-0.3, -0.25) is 0 Å². The third-order valence-corrected chi connectivity index (χ3v) is 3.80. The Bertz CT molecular complexity index is 422. The maximum absolute atomic E-state index is 9.14. The van der Waals surface area contributed by atoms with Crippen molar-refractivity contribution in [2.24, 2.45) is 0 Å². The second kappa shape index (κ2) is 6.26. The van der Waals surface area contributed by atoms with Gasteiger partial charge in [-0.2, -0.15) is 0 Å². The molecule has 2 N–H and O–H groups in total. The van der Waals surface area contributed by atoms with Gasteiger partial charge in [0.15, 0.2) is 11.5 Å². The molecule has 0 aliphatic carbocycles. The molecule has 1 aromatic rings. The molecule has 0 radical (unpaired) electrons. The largest absolute Gasteiger partial charge is 0.486 e. The predicted molar refractivity (Wildman–Crippen MR) is 74.7 cm³/mol. The van der Waals surface area contributed by atoms with Gasteiger partial charge in [0.25, 0.3) is 0 Å².